The van der Waals surface area contributed by atoms with Crippen molar-refractivity contribution in [2.45, 2.75) is 26.3 Å². The molecule has 0 saturated carbocycles. The third kappa shape index (κ3) is 2.56. The summed E-state index contributed by atoms with van der Waals surface area (Å²) in [7, 11) is 0. The molecule has 1 aromatic heterocycles. The van der Waals surface area contributed by atoms with Crippen LogP contribution in [0, 0.1) is 5.92 Å². The van der Waals surface area contributed by atoms with Gasteiger partial charge in [0.15, 0.2) is 0 Å². The van der Waals surface area contributed by atoms with Crippen molar-refractivity contribution in [2.75, 3.05) is 0 Å². The first-order chi connectivity index (χ1) is 6.50. The predicted octanol–water partition coefficient (Wildman–Crippen LogP) is 1.42. The van der Waals surface area contributed by atoms with Crippen LogP contribution in [0.25, 0.3) is 0 Å². The first-order valence-corrected chi connectivity index (χ1v) is 4.45. The van der Waals surface area contributed by atoms with Crippen molar-refractivity contribution in [1.29, 1.82) is 0 Å². The van der Waals surface area contributed by atoms with Crippen LogP contribution in [-0.2, 0) is 0 Å². The number of carboxylic acids is 1. The number of carbonyl (C=O) groups is 1. The van der Waals surface area contributed by atoms with Gasteiger partial charge < -0.3 is 15.3 Å². The van der Waals surface area contributed by atoms with E-state index >= 15 is 0 Å². The minimum Gasteiger partial charge on any atom is -0.475 e. The maximum atomic E-state index is 10.5. The summed E-state index contributed by atoms with van der Waals surface area (Å²) in [5.41, 5.74) is 5.76. The van der Waals surface area contributed by atoms with E-state index in [-0.39, 0.29) is 17.7 Å². The molecule has 0 fully saturated rings. The van der Waals surface area contributed by atoms with Crippen molar-refractivity contribution in [3.63, 3.8) is 0 Å². The zero-order chi connectivity index (χ0) is 10.7. The Labute approximate surface area is 81.9 Å². The van der Waals surface area contributed by atoms with Crippen LogP contribution in [0.15, 0.2) is 10.6 Å². The maximum absolute atomic E-state index is 10.5. The van der Waals surface area contributed by atoms with Gasteiger partial charge in [0.25, 0.3) is 0 Å². The lowest BCUT2D eigenvalue weighted by atomic mass is 10.0. The second-order valence-electron chi connectivity index (χ2n) is 3.60. The van der Waals surface area contributed by atoms with Gasteiger partial charge in [-0.3, -0.25) is 0 Å². The van der Waals surface area contributed by atoms with E-state index in [1.165, 1.54) is 6.20 Å². The fourth-order valence-corrected chi connectivity index (χ4v) is 1.17. The Bertz CT molecular complexity index is 320. The van der Waals surface area contributed by atoms with Crippen molar-refractivity contribution in [3.05, 3.63) is 17.8 Å². The molecule has 1 rings (SSSR count). The molecular formula is C9H14N2O3. The van der Waals surface area contributed by atoms with Crippen LogP contribution in [0.1, 0.15) is 42.8 Å². The Morgan fingerprint density at radius 1 is 1.71 bits per heavy atom. The molecule has 0 aliphatic heterocycles. The van der Waals surface area contributed by atoms with Crippen molar-refractivity contribution in [3.8, 4) is 0 Å². The van der Waals surface area contributed by atoms with Crippen molar-refractivity contribution < 1.29 is 14.3 Å². The standard InChI is InChI=1S/C9H14N2O3/c1-5(2)3-6(10)8-11-4-7(14-8)9(12)13/h4-6H,3,10H2,1-2H3,(H,12,13). The van der Waals surface area contributed by atoms with Gasteiger partial charge in [0.05, 0.1) is 12.2 Å². The number of carboxylic acid groups (broad SMARTS) is 1. The van der Waals surface area contributed by atoms with Crippen LogP contribution in [0.4, 0.5) is 0 Å². The molecule has 1 aromatic rings. The topological polar surface area (TPSA) is 89.3 Å². The highest BCUT2D eigenvalue weighted by molar-refractivity contribution is 5.83. The van der Waals surface area contributed by atoms with Crippen molar-refractivity contribution in [1.82, 2.24) is 4.98 Å². The molecular weight excluding hydrogens is 184 g/mol. The molecule has 0 saturated heterocycles. The lowest BCUT2D eigenvalue weighted by molar-refractivity contribution is 0.0659. The first kappa shape index (κ1) is 10.7. The lowest BCUT2D eigenvalue weighted by Gasteiger charge is -2.09. The second kappa shape index (κ2) is 4.23. The molecule has 1 atom stereocenters. The molecule has 1 heterocycles. The number of rotatable bonds is 4. The van der Waals surface area contributed by atoms with Crippen molar-refractivity contribution >= 4 is 5.97 Å². The maximum Gasteiger partial charge on any atom is 0.373 e. The molecule has 0 amide bonds. The predicted molar refractivity (Wildman–Crippen MR) is 49.8 cm³/mol. The summed E-state index contributed by atoms with van der Waals surface area (Å²) in [4.78, 5) is 14.3. The van der Waals surface area contributed by atoms with Gasteiger partial charge in [-0.1, -0.05) is 13.8 Å². The molecule has 78 valence electrons. The number of aromatic carboxylic acids is 1. The monoisotopic (exact) mass is 198 g/mol. The van der Waals surface area contributed by atoms with E-state index in [1.54, 1.807) is 0 Å². The van der Waals surface area contributed by atoms with E-state index in [0.29, 0.717) is 5.92 Å². The Hall–Kier alpha value is -1.36. The van der Waals surface area contributed by atoms with Gasteiger partial charge in [-0.25, -0.2) is 9.78 Å². The summed E-state index contributed by atoms with van der Waals surface area (Å²) in [5.74, 6) is -0.582. The minimum absolute atomic E-state index is 0.167. The summed E-state index contributed by atoms with van der Waals surface area (Å²) in [6.45, 7) is 4.06. The van der Waals surface area contributed by atoms with Gasteiger partial charge in [0, 0.05) is 0 Å². The Morgan fingerprint density at radius 3 is 2.79 bits per heavy atom. The average Bonchev–Trinajstić information content (AvgIpc) is 2.50. The molecule has 0 aliphatic carbocycles. The smallest absolute Gasteiger partial charge is 0.373 e. The highest BCUT2D eigenvalue weighted by atomic mass is 16.4. The van der Waals surface area contributed by atoms with Gasteiger partial charge in [-0.05, 0) is 12.3 Å². The third-order valence-electron chi connectivity index (χ3n) is 1.78. The Kier molecular flexibility index (Phi) is 3.24. The molecule has 0 spiro atoms. The molecule has 14 heavy (non-hydrogen) atoms. The highest BCUT2D eigenvalue weighted by Gasteiger charge is 2.16. The number of hydrogen-bond donors (Lipinski definition) is 2. The van der Waals surface area contributed by atoms with Crippen LogP contribution in [0.3, 0.4) is 0 Å². The summed E-state index contributed by atoms with van der Waals surface area (Å²) in [6.07, 6.45) is 1.90. The van der Waals surface area contributed by atoms with E-state index in [1.807, 2.05) is 13.8 Å². The lowest BCUT2D eigenvalue weighted by Crippen LogP contribution is -2.13. The van der Waals surface area contributed by atoms with Crippen molar-refractivity contribution in [2.24, 2.45) is 11.7 Å². The Balaban J connectivity index is 2.71. The molecule has 5 nitrogen and oxygen atoms in total. The van der Waals surface area contributed by atoms with Gasteiger partial charge in [0.1, 0.15) is 0 Å². The zero-order valence-electron chi connectivity index (χ0n) is 8.23. The minimum atomic E-state index is -1.12. The van der Waals surface area contributed by atoms with Gasteiger partial charge in [-0.2, -0.15) is 0 Å². The van der Waals surface area contributed by atoms with Crippen LogP contribution < -0.4 is 5.73 Å². The van der Waals surface area contributed by atoms with E-state index in [4.69, 9.17) is 15.3 Å². The summed E-state index contributed by atoms with van der Waals surface area (Å²) in [6, 6.07) is -0.330. The number of hydrogen-bond acceptors (Lipinski definition) is 4. The average molecular weight is 198 g/mol. The van der Waals surface area contributed by atoms with E-state index in [0.717, 1.165) is 6.42 Å². The molecule has 0 aliphatic rings. The SMILES string of the molecule is CC(C)CC(N)c1ncc(C(=O)O)o1. The summed E-state index contributed by atoms with van der Waals surface area (Å²) in [5, 5.41) is 8.59. The van der Waals surface area contributed by atoms with Crippen LogP contribution in [0.5, 0.6) is 0 Å². The molecule has 0 bridgehead atoms. The molecule has 1 unspecified atom stereocenters. The number of nitrogens with two attached hydrogens (primary N) is 1. The van der Waals surface area contributed by atoms with Gasteiger partial charge >= 0.3 is 5.97 Å². The second-order valence-corrected chi connectivity index (χ2v) is 3.60. The molecule has 5 heteroatoms. The van der Waals surface area contributed by atoms with E-state index in [9.17, 15) is 4.79 Å². The summed E-state index contributed by atoms with van der Waals surface area (Å²) < 4.78 is 4.97. The largest absolute Gasteiger partial charge is 0.475 e. The molecule has 0 aromatic carbocycles. The number of aromatic nitrogens is 1. The molecule has 3 N–H and O–H groups in total. The van der Waals surface area contributed by atoms with E-state index in [2.05, 4.69) is 4.98 Å². The highest BCUT2D eigenvalue weighted by Crippen LogP contribution is 2.18. The van der Waals surface area contributed by atoms with E-state index < -0.39 is 5.97 Å². The molecule has 0 radical (unpaired) electrons. The number of oxazole rings is 1. The quantitative estimate of drug-likeness (QED) is 0.763. The number of nitrogens with zero attached hydrogens (tertiary/aromatic N) is 1. The third-order valence-corrected chi connectivity index (χ3v) is 1.78. The van der Waals surface area contributed by atoms with Crippen LogP contribution in [0.2, 0.25) is 0 Å². The van der Waals surface area contributed by atoms with Gasteiger partial charge in [0.2, 0.25) is 11.7 Å². The van der Waals surface area contributed by atoms with Crippen LogP contribution >= 0.6 is 0 Å². The summed E-state index contributed by atoms with van der Waals surface area (Å²) >= 11 is 0. The van der Waals surface area contributed by atoms with Crippen LogP contribution in [-0.4, -0.2) is 16.1 Å². The normalized spacial score (nSPS) is 13.1. The fourth-order valence-electron chi connectivity index (χ4n) is 1.17. The zero-order valence-corrected chi connectivity index (χ0v) is 8.23. The van der Waals surface area contributed by atoms with Gasteiger partial charge in [-0.15, -0.1) is 0 Å². The first-order valence-electron chi connectivity index (χ1n) is 4.45. The fraction of sp³-hybridized carbons (Fsp3) is 0.556. The Morgan fingerprint density at radius 2 is 2.36 bits per heavy atom.